The zero-order valence-corrected chi connectivity index (χ0v) is 9.95. The van der Waals surface area contributed by atoms with E-state index in [1.54, 1.807) is 43.3 Å². The number of hydrazone groups is 1. The number of nitrogens with one attached hydrogen (secondary N) is 1. The molecule has 1 N–H and O–H groups in total. The molecule has 0 fully saturated rings. The Balaban J connectivity index is 2.14. The zero-order valence-electron chi connectivity index (χ0n) is 9.95. The lowest BCUT2D eigenvalue weighted by molar-refractivity contribution is 0.533. The van der Waals surface area contributed by atoms with Crippen molar-refractivity contribution in [2.45, 2.75) is 6.92 Å². The largest absolute Gasteiger partial charge is 0.421 e. The summed E-state index contributed by atoms with van der Waals surface area (Å²) in [6, 6.07) is 10.3. The first kappa shape index (κ1) is 12.3. The Morgan fingerprint density at radius 1 is 1.21 bits per heavy atom. The van der Waals surface area contributed by atoms with E-state index < -0.39 is 0 Å². The number of nitrogens with zero attached hydrogens (tertiary/aromatic N) is 5. The number of benzene rings is 1. The van der Waals surface area contributed by atoms with Crippen LogP contribution in [0.1, 0.15) is 5.89 Å². The summed E-state index contributed by atoms with van der Waals surface area (Å²) in [4.78, 5) is 0. The van der Waals surface area contributed by atoms with Gasteiger partial charge in [0.15, 0.2) is 0 Å². The van der Waals surface area contributed by atoms with Crippen LogP contribution < -0.4 is 5.43 Å². The molecule has 0 aliphatic carbocycles. The van der Waals surface area contributed by atoms with Crippen LogP contribution in [0.25, 0.3) is 11.5 Å². The SMILES string of the molecule is Cc1nnc(-c2ccc(NN=C(C#N)C#N)cc2)o1. The Bertz CT molecular complexity index is 670. The third-order valence-electron chi connectivity index (χ3n) is 2.17. The lowest BCUT2D eigenvalue weighted by atomic mass is 10.2. The molecular formula is C12H8N6O. The Labute approximate surface area is 108 Å². The second-order valence-corrected chi connectivity index (χ2v) is 3.50. The van der Waals surface area contributed by atoms with Crippen molar-refractivity contribution >= 4 is 11.4 Å². The van der Waals surface area contributed by atoms with Crippen LogP contribution in [0.5, 0.6) is 0 Å². The number of hydrogen-bond acceptors (Lipinski definition) is 7. The molecule has 7 nitrogen and oxygen atoms in total. The van der Waals surface area contributed by atoms with Gasteiger partial charge in [0.2, 0.25) is 17.5 Å². The van der Waals surface area contributed by atoms with Crippen molar-refractivity contribution in [3.8, 4) is 23.6 Å². The molecule has 0 amide bonds. The van der Waals surface area contributed by atoms with E-state index in [1.165, 1.54) is 0 Å². The summed E-state index contributed by atoms with van der Waals surface area (Å²) >= 11 is 0. The quantitative estimate of drug-likeness (QED) is 0.659. The molecule has 0 unspecified atom stereocenters. The Morgan fingerprint density at radius 3 is 2.42 bits per heavy atom. The molecule has 0 aliphatic heterocycles. The molecular weight excluding hydrogens is 244 g/mol. The molecule has 0 spiro atoms. The highest BCUT2D eigenvalue weighted by Crippen LogP contribution is 2.19. The molecule has 1 aromatic carbocycles. The minimum atomic E-state index is -0.239. The fraction of sp³-hybridized carbons (Fsp3) is 0.0833. The molecule has 1 aromatic heterocycles. The molecule has 92 valence electrons. The van der Waals surface area contributed by atoms with Crippen LogP contribution in [-0.4, -0.2) is 15.9 Å². The van der Waals surface area contributed by atoms with Gasteiger partial charge in [0.05, 0.1) is 5.69 Å². The van der Waals surface area contributed by atoms with Gasteiger partial charge in [-0.25, -0.2) is 0 Å². The van der Waals surface area contributed by atoms with E-state index in [4.69, 9.17) is 14.9 Å². The molecule has 2 rings (SSSR count). The summed E-state index contributed by atoms with van der Waals surface area (Å²) in [6.45, 7) is 1.71. The van der Waals surface area contributed by atoms with E-state index in [1.807, 2.05) is 0 Å². The lowest BCUT2D eigenvalue weighted by Gasteiger charge is -2.00. The van der Waals surface area contributed by atoms with E-state index in [-0.39, 0.29) is 5.71 Å². The van der Waals surface area contributed by atoms with Crippen molar-refractivity contribution < 1.29 is 4.42 Å². The summed E-state index contributed by atoms with van der Waals surface area (Å²) in [5, 5.41) is 28.3. The summed E-state index contributed by atoms with van der Waals surface area (Å²) in [7, 11) is 0. The molecule has 0 aliphatic rings. The molecule has 0 saturated heterocycles. The number of hydrogen-bond donors (Lipinski definition) is 1. The number of anilines is 1. The molecule has 2 aromatic rings. The molecule has 1 heterocycles. The average molecular weight is 252 g/mol. The van der Waals surface area contributed by atoms with E-state index in [2.05, 4.69) is 20.7 Å². The van der Waals surface area contributed by atoms with Gasteiger partial charge in [-0.3, -0.25) is 5.43 Å². The molecule has 19 heavy (non-hydrogen) atoms. The van der Waals surface area contributed by atoms with Crippen molar-refractivity contribution in [3.63, 3.8) is 0 Å². The third kappa shape index (κ3) is 2.93. The Morgan fingerprint density at radius 2 is 1.89 bits per heavy atom. The Kier molecular flexibility index (Phi) is 3.51. The third-order valence-corrected chi connectivity index (χ3v) is 2.17. The predicted molar refractivity (Wildman–Crippen MR) is 66.8 cm³/mol. The van der Waals surface area contributed by atoms with Gasteiger partial charge in [-0.2, -0.15) is 15.6 Å². The zero-order chi connectivity index (χ0) is 13.7. The van der Waals surface area contributed by atoms with E-state index in [0.29, 0.717) is 17.5 Å². The van der Waals surface area contributed by atoms with Gasteiger partial charge in [-0.1, -0.05) is 0 Å². The van der Waals surface area contributed by atoms with Crippen LogP contribution >= 0.6 is 0 Å². The van der Waals surface area contributed by atoms with Crippen LogP contribution in [0, 0.1) is 29.6 Å². The average Bonchev–Trinajstić information content (AvgIpc) is 2.87. The normalized spacial score (nSPS) is 9.21. The predicted octanol–water partition coefficient (Wildman–Crippen LogP) is 1.86. The highest BCUT2D eigenvalue weighted by Gasteiger charge is 2.05. The van der Waals surface area contributed by atoms with E-state index in [0.717, 1.165) is 5.56 Å². The van der Waals surface area contributed by atoms with Crippen LogP contribution in [0.4, 0.5) is 5.69 Å². The maximum absolute atomic E-state index is 8.53. The van der Waals surface area contributed by atoms with Crippen molar-refractivity contribution in [2.75, 3.05) is 5.43 Å². The van der Waals surface area contributed by atoms with Gasteiger partial charge in [0.1, 0.15) is 12.1 Å². The maximum Gasteiger partial charge on any atom is 0.247 e. The van der Waals surface area contributed by atoms with Gasteiger partial charge in [0.25, 0.3) is 0 Å². The minimum absolute atomic E-state index is 0.239. The minimum Gasteiger partial charge on any atom is -0.421 e. The van der Waals surface area contributed by atoms with Crippen LogP contribution in [0.3, 0.4) is 0 Å². The lowest BCUT2D eigenvalue weighted by Crippen LogP contribution is -1.96. The van der Waals surface area contributed by atoms with Gasteiger partial charge in [-0.05, 0) is 24.3 Å². The van der Waals surface area contributed by atoms with Gasteiger partial charge < -0.3 is 4.42 Å². The van der Waals surface area contributed by atoms with Crippen LogP contribution in [0.2, 0.25) is 0 Å². The van der Waals surface area contributed by atoms with Crippen molar-refractivity contribution in [2.24, 2.45) is 5.10 Å². The summed E-state index contributed by atoms with van der Waals surface area (Å²) in [5.41, 5.74) is 3.78. The van der Waals surface area contributed by atoms with E-state index >= 15 is 0 Å². The van der Waals surface area contributed by atoms with Crippen molar-refractivity contribution in [1.29, 1.82) is 10.5 Å². The fourth-order valence-electron chi connectivity index (χ4n) is 1.30. The summed E-state index contributed by atoms with van der Waals surface area (Å²) in [5.74, 6) is 0.928. The first-order valence-electron chi connectivity index (χ1n) is 5.27. The molecule has 0 radical (unpaired) electrons. The fourth-order valence-corrected chi connectivity index (χ4v) is 1.30. The molecule has 0 saturated carbocycles. The first-order valence-corrected chi connectivity index (χ1v) is 5.27. The highest BCUT2D eigenvalue weighted by atomic mass is 16.4. The number of aryl methyl sites for hydroxylation is 1. The number of rotatable bonds is 3. The maximum atomic E-state index is 8.53. The number of nitriles is 2. The van der Waals surface area contributed by atoms with E-state index in [9.17, 15) is 0 Å². The van der Waals surface area contributed by atoms with Gasteiger partial charge >= 0.3 is 0 Å². The molecule has 7 heteroatoms. The van der Waals surface area contributed by atoms with Gasteiger partial charge in [-0.15, -0.1) is 10.2 Å². The second kappa shape index (κ2) is 5.43. The number of aromatic nitrogens is 2. The molecule has 0 atom stereocenters. The van der Waals surface area contributed by atoms with Crippen molar-refractivity contribution in [1.82, 2.24) is 10.2 Å². The topological polar surface area (TPSA) is 111 Å². The Hall–Kier alpha value is -3.19. The van der Waals surface area contributed by atoms with Crippen molar-refractivity contribution in [3.05, 3.63) is 30.2 Å². The van der Waals surface area contributed by atoms with Crippen LogP contribution in [-0.2, 0) is 0 Å². The second-order valence-electron chi connectivity index (χ2n) is 3.50. The highest BCUT2D eigenvalue weighted by molar-refractivity contribution is 6.10. The summed E-state index contributed by atoms with van der Waals surface area (Å²) in [6.07, 6.45) is 0. The van der Waals surface area contributed by atoms with Crippen LogP contribution in [0.15, 0.2) is 33.8 Å². The monoisotopic (exact) mass is 252 g/mol. The van der Waals surface area contributed by atoms with Gasteiger partial charge in [0, 0.05) is 12.5 Å². The molecule has 0 bridgehead atoms. The summed E-state index contributed by atoms with van der Waals surface area (Å²) < 4.78 is 5.29. The standard InChI is InChI=1S/C12H8N6O/c1-8-15-18-12(19-8)9-2-4-10(5-3-9)16-17-11(6-13)7-14/h2-5,16H,1H3. The first-order chi connectivity index (χ1) is 9.22. The smallest absolute Gasteiger partial charge is 0.247 e.